The minimum absolute atomic E-state index is 0.0528. The normalized spacial score (nSPS) is 19.3. The molecule has 0 aromatic heterocycles. The molecule has 1 aromatic rings. The number of benzene rings is 1. The molecule has 0 radical (unpaired) electrons. The highest BCUT2D eigenvalue weighted by molar-refractivity contribution is 7.89. The number of hydrogen-bond donors (Lipinski definition) is 1. The molecule has 0 aliphatic carbocycles. The first-order valence-corrected chi connectivity index (χ1v) is 7.43. The molecular weight excluding hydrogens is 270 g/mol. The Morgan fingerprint density at radius 2 is 2.16 bits per heavy atom. The average molecular weight is 285 g/mol. The van der Waals surface area contributed by atoms with Crippen LogP contribution < -0.4 is 5.14 Å². The van der Waals surface area contributed by atoms with Crippen LogP contribution >= 0.6 is 0 Å². The van der Waals surface area contributed by atoms with Crippen LogP contribution in [0.25, 0.3) is 0 Å². The van der Waals surface area contributed by atoms with Crippen LogP contribution in [-0.4, -0.2) is 33.7 Å². The quantitative estimate of drug-likeness (QED) is 0.820. The molecule has 1 fully saturated rings. The molecule has 1 aliphatic heterocycles. The van der Waals surface area contributed by atoms with Gasteiger partial charge in [0.15, 0.2) is 0 Å². The Kier molecular flexibility index (Phi) is 4.18. The van der Waals surface area contributed by atoms with Gasteiger partial charge in [-0.1, -0.05) is 12.1 Å². The van der Waals surface area contributed by atoms with Crippen molar-refractivity contribution in [2.75, 3.05) is 13.2 Å². The Labute approximate surface area is 111 Å². The van der Waals surface area contributed by atoms with Crippen LogP contribution in [0, 0.1) is 0 Å². The first kappa shape index (κ1) is 14.0. The molecule has 1 aromatic carbocycles. The smallest absolute Gasteiger partial charge is 0.339 e. The predicted molar refractivity (Wildman–Crippen MR) is 67.1 cm³/mol. The minimum Gasteiger partial charge on any atom is -0.459 e. The molecule has 19 heavy (non-hydrogen) atoms. The molecule has 1 heterocycles. The molecule has 104 valence electrons. The van der Waals surface area contributed by atoms with Gasteiger partial charge in [0, 0.05) is 6.61 Å². The third-order valence-electron chi connectivity index (χ3n) is 2.84. The highest BCUT2D eigenvalue weighted by Crippen LogP contribution is 2.17. The lowest BCUT2D eigenvalue weighted by atomic mass is 10.2. The van der Waals surface area contributed by atoms with Gasteiger partial charge >= 0.3 is 5.97 Å². The predicted octanol–water partition coefficient (Wildman–Crippen LogP) is 0.670. The highest BCUT2D eigenvalue weighted by Gasteiger charge is 2.22. The molecule has 0 bridgehead atoms. The summed E-state index contributed by atoms with van der Waals surface area (Å²) in [5.74, 6) is -0.708. The van der Waals surface area contributed by atoms with Crippen molar-refractivity contribution in [3.05, 3.63) is 29.8 Å². The molecular formula is C12H15NO5S. The van der Waals surface area contributed by atoms with Crippen LogP contribution in [0.15, 0.2) is 29.2 Å². The Morgan fingerprint density at radius 1 is 1.42 bits per heavy atom. The van der Waals surface area contributed by atoms with Crippen LogP contribution in [0.5, 0.6) is 0 Å². The molecule has 7 heteroatoms. The van der Waals surface area contributed by atoms with Gasteiger partial charge in [-0.3, -0.25) is 0 Å². The molecule has 1 unspecified atom stereocenters. The van der Waals surface area contributed by atoms with Gasteiger partial charge in [0.2, 0.25) is 10.0 Å². The lowest BCUT2D eigenvalue weighted by molar-refractivity contribution is 0.0158. The Bertz CT molecular complexity index is 563. The summed E-state index contributed by atoms with van der Waals surface area (Å²) in [5, 5.41) is 5.05. The molecule has 1 saturated heterocycles. The summed E-state index contributed by atoms with van der Waals surface area (Å²) >= 11 is 0. The Balaban J connectivity index is 2.10. The second-order valence-electron chi connectivity index (χ2n) is 4.27. The number of esters is 1. The fourth-order valence-electron chi connectivity index (χ4n) is 1.91. The van der Waals surface area contributed by atoms with Crippen molar-refractivity contribution in [2.45, 2.75) is 23.8 Å². The second kappa shape index (κ2) is 5.68. The maximum Gasteiger partial charge on any atom is 0.339 e. The molecule has 0 spiro atoms. The fourth-order valence-corrected chi connectivity index (χ4v) is 2.63. The molecule has 1 atom stereocenters. The van der Waals surface area contributed by atoms with Gasteiger partial charge in [-0.2, -0.15) is 0 Å². The molecule has 2 rings (SSSR count). The molecule has 6 nitrogen and oxygen atoms in total. The summed E-state index contributed by atoms with van der Waals surface area (Å²) in [7, 11) is -3.95. The van der Waals surface area contributed by atoms with Gasteiger partial charge in [-0.05, 0) is 25.0 Å². The van der Waals surface area contributed by atoms with Crippen molar-refractivity contribution in [1.29, 1.82) is 0 Å². The van der Waals surface area contributed by atoms with E-state index < -0.39 is 16.0 Å². The monoisotopic (exact) mass is 285 g/mol. The van der Waals surface area contributed by atoms with Crippen LogP contribution in [-0.2, 0) is 19.5 Å². The fraction of sp³-hybridized carbons (Fsp3) is 0.417. The van der Waals surface area contributed by atoms with E-state index in [4.69, 9.17) is 14.6 Å². The maximum absolute atomic E-state index is 11.9. The van der Waals surface area contributed by atoms with Gasteiger partial charge in [-0.25, -0.2) is 18.4 Å². The summed E-state index contributed by atoms with van der Waals surface area (Å²) in [5.41, 5.74) is -0.0528. The second-order valence-corrected chi connectivity index (χ2v) is 5.80. The lowest BCUT2D eigenvalue weighted by Gasteiger charge is -2.11. The van der Waals surface area contributed by atoms with Crippen molar-refractivity contribution < 1.29 is 22.7 Å². The van der Waals surface area contributed by atoms with Crippen molar-refractivity contribution in [2.24, 2.45) is 5.14 Å². The number of ether oxygens (including phenoxy) is 2. The zero-order valence-corrected chi connectivity index (χ0v) is 11.1. The van der Waals surface area contributed by atoms with Gasteiger partial charge in [0.1, 0.15) is 6.61 Å². The van der Waals surface area contributed by atoms with Crippen molar-refractivity contribution in [1.82, 2.24) is 0 Å². The summed E-state index contributed by atoms with van der Waals surface area (Å²) in [6, 6.07) is 5.70. The van der Waals surface area contributed by atoms with Crippen molar-refractivity contribution in [3.8, 4) is 0 Å². The standard InChI is InChI=1S/C12H15NO5S/c13-19(15,16)11-6-2-1-5-10(11)12(14)18-8-9-4-3-7-17-9/h1-2,5-6,9H,3-4,7-8H2,(H2,13,15,16). The first-order chi connectivity index (χ1) is 8.98. The number of carbonyl (C=O) groups excluding carboxylic acids is 1. The zero-order valence-electron chi connectivity index (χ0n) is 10.2. The van der Waals surface area contributed by atoms with Crippen LogP contribution in [0.2, 0.25) is 0 Å². The maximum atomic E-state index is 11.9. The number of hydrogen-bond acceptors (Lipinski definition) is 5. The van der Waals surface area contributed by atoms with Crippen LogP contribution in [0.4, 0.5) is 0 Å². The molecule has 2 N–H and O–H groups in total. The third-order valence-corrected chi connectivity index (χ3v) is 3.81. The van der Waals surface area contributed by atoms with E-state index >= 15 is 0 Å². The lowest BCUT2D eigenvalue weighted by Crippen LogP contribution is -2.21. The van der Waals surface area contributed by atoms with Crippen molar-refractivity contribution in [3.63, 3.8) is 0 Å². The van der Waals surface area contributed by atoms with Crippen molar-refractivity contribution >= 4 is 16.0 Å². The summed E-state index contributed by atoms with van der Waals surface area (Å²) in [6.45, 7) is 0.785. The number of rotatable bonds is 4. The summed E-state index contributed by atoms with van der Waals surface area (Å²) in [4.78, 5) is 11.6. The average Bonchev–Trinajstić information content (AvgIpc) is 2.88. The van der Waals surface area contributed by atoms with Gasteiger partial charge < -0.3 is 9.47 Å². The zero-order chi connectivity index (χ0) is 13.9. The number of carbonyl (C=O) groups is 1. The number of sulfonamides is 1. The van der Waals surface area contributed by atoms with Crippen LogP contribution in [0.3, 0.4) is 0 Å². The van der Waals surface area contributed by atoms with E-state index in [2.05, 4.69) is 0 Å². The first-order valence-electron chi connectivity index (χ1n) is 5.89. The SMILES string of the molecule is NS(=O)(=O)c1ccccc1C(=O)OCC1CCCO1. The molecule has 1 aliphatic rings. The van der Waals surface area contributed by atoms with E-state index in [9.17, 15) is 13.2 Å². The largest absolute Gasteiger partial charge is 0.459 e. The summed E-state index contributed by atoms with van der Waals surface area (Å²) < 4.78 is 33.1. The summed E-state index contributed by atoms with van der Waals surface area (Å²) in [6.07, 6.45) is 1.67. The van der Waals surface area contributed by atoms with Gasteiger partial charge in [0.05, 0.1) is 16.6 Å². The Morgan fingerprint density at radius 3 is 2.79 bits per heavy atom. The van der Waals surface area contributed by atoms with Gasteiger partial charge in [-0.15, -0.1) is 0 Å². The van der Waals surface area contributed by atoms with E-state index in [1.165, 1.54) is 18.2 Å². The van der Waals surface area contributed by atoms with E-state index in [1.807, 2.05) is 0 Å². The molecule has 0 saturated carbocycles. The highest BCUT2D eigenvalue weighted by atomic mass is 32.2. The number of nitrogens with two attached hydrogens (primary N) is 1. The van der Waals surface area contributed by atoms with Crippen LogP contribution in [0.1, 0.15) is 23.2 Å². The van der Waals surface area contributed by atoms with Gasteiger partial charge in [0.25, 0.3) is 0 Å². The topological polar surface area (TPSA) is 95.7 Å². The third kappa shape index (κ3) is 3.52. The van der Waals surface area contributed by atoms with E-state index in [-0.39, 0.29) is 23.2 Å². The molecule has 0 amide bonds. The van der Waals surface area contributed by atoms with E-state index in [0.29, 0.717) is 6.61 Å². The number of primary sulfonamides is 1. The van der Waals surface area contributed by atoms with E-state index in [0.717, 1.165) is 12.8 Å². The van der Waals surface area contributed by atoms with E-state index in [1.54, 1.807) is 6.07 Å². The Hall–Kier alpha value is -1.44. The minimum atomic E-state index is -3.95.